The fourth-order valence-corrected chi connectivity index (χ4v) is 3.97. The van der Waals surface area contributed by atoms with Gasteiger partial charge in [-0.2, -0.15) is 0 Å². The van der Waals surface area contributed by atoms with Gasteiger partial charge in [0.05, 0.1) is 0 Å². The number of benzene rings is 1. The van der Waals surface area contributed by atoms with E-state index in [1.807, 2.05) is 26.0 Å². The maximum Gasteiger partial charge on any atom is 0.408 e. The van der Waals surface area contributed by atoms with Crippen molar-refractivity contribution in [1.82, 2.24) is 15.5 Å². The molecule has 0 radical (unpaired) electrons. The molecule has 37 heavy (non-hydrogen) atoms. The summed E-state index contributed by atoms with van der Waals surface area (Å²) in [6, 6.07) is 4.61. The molecular weight excluding hydrogens is 472 g/mol. The highest BCUT2D eigenvalue weighted by Gasteiger charge is 2.38. The smallest absolute Gasteiger partial charge is 0.408 e. The van der Waals surface area contributed by atoms with Gasteiger partial charge in [0.15, 0.2) is 0 Å². The predicted molar refractivity (Wildman–Crippen MR) is 145 cm³/mol. The quantitative estimate of drug-likeness (QED) is 0.364. The zero-order valence-electron chi connectivity index (χ0n) is 23.3. The first-order valence-corrected chi connectivity index (χ1v) is 12.8. The van der Waals surface area contributed by atoms with Crippen molar-refractivity contribution in [2.45, 2.75) is 104 Å². The molecule has 206 valence electrons. The third-order valence-corrected chi connectivity index (χ3v) is 5.58. The number of ether oxygens (including phenoxy) is 1. The minimum absolute atomic E-state index is 0.0378. The number of primary amides is 1. The van der Waals surface area contributed by atoms with E-state index in [0.29, 0.717) is 5.56 Å². The molecule has 4 amide bonds. The zero-order valence-corrected chi connectivity index (χ0v) is 23.3. The minimum atomic E-state index is -1.13. The highest BCUT2D eigenvalue weighted by molar-refractivity contribution is 5.92. The number of hydrogen-bond donors (Lipinski definition) is 3. The summed E-state index contributed by atoms with van der Waals surface area (Å²) in [7, 11) is 0. The van der Waals surface area contributed by atoms with E-state index in [4.69, 9.17) is 10.5 Å². The van der Waals surface area contributed by atoms with E-state index in [0.717, 1.165) is 18.4 Å². The summed E-state index contributed by atoms with van der Waals surface area (Å²) in [6.07, 6.45) is 2.37. The Balaban J connectivity index is 3.52. The molecule has 3 unspecified atom stereocenters. The summed E-state index contributed by atoms with van der Waals surface area (Å²) in [5.41, 5.74) is 5.95. The summed E-state index contributed by atoms with van der Waals surface area (Å²) in [5, 5.41) is 5.61. The van der Waals surface area contributed by atoms with Gasteiger partial charge < -0.3 is 26.0 Å². The van der Waals surface area contributed by atoms with Crippen LogP contribution in [0.5, 0.6) is 0 Å². The molecule has 0 spiro atoms. The van der Waals surface area contributed by atoms with Crippen LogP contribution >= 0.6 is 0 Å². The first-order valence-electron chi connectivity index (χ1n) is 12.8. The molecule has 0 aliphatic carbocycles. The second kappa shape index (κ2) is 14.4. The van der Waals surface area contributed by atoms with E-state index in [1.165, 1.54) is 4.90 Å². The average molecular weight is 517 g/mol. The molecule has 1 rings (SSSR count). The van der Waals surface area contributed by atoms with Gasteiger partial charge in [-0.15, -0.1) is 0 Å². The van der Waals surface area contributed by atoms with Gasteiger partial charge in [-0.25, -0.2) is 4.79 Å². The number of carbonyl (C=O) groups excluding carboxylic acids is 4. The Hall–Kier alpha value is -3.36. The molecular formula is C28H44N4O5. The van der Waals surface area contributed by atoms with Gasteiger partial charge in [0, 0.05) is 18.5 Å². The van der Waals surface area contributed by atoms with Crippen LogP contribution in [0.15, 0.2) is 30.8 Å². The number of nitrogens with zero attached hydrogens (tertiary/aromatic N) is 1. The van der Waals surface area contributed by atoms with Crippen LogP contribution in [0.2, 0.25) is 0 Å². The average Bonchev–Trinajstić information content (AvgIpc) is 2.78. The van der Waals surface area contributed by atoms with Crippen LogP contribution in [-0.2, 0) is 19.1 Å². The van der Waals surface area contributed by atoms with Crippen LogP contribution < -0.4 is 16.4 Å². The summed E-state index contributed by atoms with van der Waals surface area (Å²) in [6.45, 7) is 16.5. The first kappa shape index (κ1) is 31.7. The third kappa shape index (κ3) is 10.7. The Kier molecular flexibility index (Phi) is 12.3. The van der Waals surface area contributed by atoms with Crippen molar-refractivity contribution < 1.29 is 23.9 Å². The fraction of sp³-hybridized carbons (Fsp3) is 0.571. The van der Waals surface area contributed by atoms with Crippen molar-refractivity contribution in [2.24, 2.45) is 5.73 Å². The van der Waals surface area contributed by atoms with Crippen molar-refractivity contribution in [3.63, 3.8) is 0 Å². The first-order chi connectivity index (χ1) is 17.2. The largest absolute Gasteiger partial charge is 0.444 e. The number of hydrogen-bond acceptors (Lipinski definition) is 5. The van der Waals surface area contributed by atoms with Gasteiger partial charge >= 0.3 is 6.09 Å². The van der Waals surface area contributed by atoms with Crippen LogP contribution in [0.4, 0.5) is 4.79 Å². The Morgan fingerprint density at radius 2 is 1.76 bits per heavy atom. The Bertz CT molecular complexity index is 954. The van der Waals surface area contributed by atoms with Crippen molar-refractivity contribution in [1.29, 1.82) is 0 Å². The summed E-state index contributed by atoms with van der Waals surface area (Å²) in [5.74, 6) is -1.47. The molecule has 0 aromatic heterocycles. The predicted octanol–water partition coefficient (Wildman–Crippen LogP) is 4.07. The minimum Gasteiger partial charge on any atom is -0.444 e. The fourth-order valence-electron chi connectivity index (χ4n) is 3.97. The van der Waals surface area contributed by atoms with Crippen molar-refractivity contribution in [2.75, 3.05) is 0 Å². The lowest BCUT2D eigenvalue weighted by molar-refractivity contribution is -0.145. The highest BCUT2D eigenvalue weighted by Crippen LogP contribution is 2.27. The van der Waals surface area contributed by atoms with Crippen molar-refractivity contribution in [3.05, 3.63) is 42.0 Å². The third-order valence-electron chi connectivity index (χ3n) is 5.58. The van der Waals surface area contributed by atoms with E-state index >= 15 is 0 Å². The monoisotopic (exact) mass is 516 g/mol. The topological polar surface area (TPSA) is 131 Å². The van der Waals surface area contributed by atoms with Gasteiger partial charge in [-0.05, 0) is 71.6 Å². The molecule has 0 saturated carbocycles. The van der Waals surface area contributed by atoms with Gasteiger partial charge in [-0.3, -0.25) is 14.4 Å². The standard InChI is InChI=1S/C28H44N4O5/c1-9-12-19(5)30-25(34)24(21-14-11-13-20(10-2)17-21)32(18(3)4)26(35)22(15-16-23(29)33)31-27(36)37-28(6,7)8/h10-11,13-14,17-19,22,24H,2,9,12,15-16H2,1,3-8H3,(H2,29,33)(H,30,34)(H,31,36). The van der Waals surface area contributed by atoms with Gasteiger partial charge in [0.1, 0.15) is 17.7 Å². The van der Waals surface area contributed by atoms with Crippen LogP contribution in [0.1, 0.15) is 91.3 Å². The normalized spacial score (nSPS) is 13.7. The molecule has 4 N–H and O–H groups in total. The number of alkyl carbamates (subject to hydrolysis) is 1. The zero-order chi connectivity index (χ0) is 28.3. The molecule has 1 aromatic rings. The van der Waals surface area contributed by atoms with E-state index in [1.54, 1.807) is 52.8 Å². The lowest BCUT2D eigenvalue weighted by Crippen LogP contribution is -2.55. The van der Waals surface area contributed by atoms with E-state index < -0.39 is 41.6 Å². The molecule has 3 atom stereocenters. The molecule has 9 heteroatoms. The molecule has 9 nitrogen and oxygen atoms in total. The number of rotatable bonds is 13. The van der Waals surface area contributed by atoms with Crippen LogP contribution in [0.3, 0.4) is 0 Å². The van der Waals surface area contributed by atoms with E-state index in [9.17, 15) is 19.2 Å². The Labute approximate surface area is 221 Å². The van der Waals surface area contributed by atoms with Gasteiger partial charge in [-0.1, -0.05) is 44.2 Å². The van der Waals surface area contributed by atoms with Gasteiger partial charge in [0.25, 0.3) is 0 Å². The van der Waals surface area contributed by atoms with E-state index in [2.05, 4.69) is 17.2 Å². The van der Waals surface area contributed by atoms with Crippen molar-refractivity contribution in [3.8, 4) is 0 Å². The Morgan fingerprint density at radius 3 is 2.27 bits per heavy atom. The van der Waals surface area contributed by atoms with Crippen LogP contribution in [0, 0.1) is 0 Å². The number of nitrogens with two attached hydrogens (primary N) is 1. The SMILES string of the molecule is C=Cc1cccc(C(C(=O)NC(C)CCC)N(C(=O)C(CCC(N)=O)NC(=O)OC(C)(C)C)C(C)C)c1. The molecule has 0 bridgehead atoms. The highest BCUT2D eigenvalue weighted by atomic mass is 16.6. The molecule has 0 aliphatic heterocycles. The van der Waals surface area contributed by atoms with E-state index in [-0.39, 0.29) is 24.8 Å². The number of carbonyl (C=O) groups is 4. The lowest BCUT2D eigenvalue weighted by Gasteiger charge is -2.37. The summed E-state index contributed by atoms with van der Waals surface area (Å²) < 4.78 is 5.34. The maximum atomic E-state index is 14.0. The van der Waals surface area contributed by atoms with Crippen molar-refractivity contribution >= 4 is 29.9 Å². The second-order valence-electron chi connectivity index (χ2n) is 10.5. The van der Waals surface area contributed by atoms with Crippen LogP contribution in [0.25, 0.3) is 6.08 Å². The number of nitrogens with one attached hydrogen (secondary N) is 2. The lowest BCUT2D eigenvalue weighted by atomic mass is 9.98. The molecule has 0 aliphatic rings. The molecule has 0 fully saturated rings. The summed E-state index contributed by atoms with van der Waals surface area (Å²) in [4.78, 5) is 53.2. The van der Waals surface area contributed by atoms with Gasteiger partial charge in [0.2, 0.25) is 17.7 Å². The molecule has 0 saturated heterocycles. The number of amides is 4. The summed E-state index contributed by atoms with van der Waals surface area (Å²) >= 11 is 0. The molecule has 0 heterocycles. The maximum absolute atomic E-state index is 14.0. The molecule has 1 aromatic carbocycles. The second-order valence-corrected chi connectivity index (χ2v) is 10.5. The Morgan fingerprint density at radius 1 is 1.11 bits per heavy atom. The van der Waals surface area contributed by atoms with Crippen LogP contribution in [-0.4, -0.2) is 52.4 Å².